The van der Waals surface area contributed by atoms with Crippen molar-refractivity contribution in [2.75, 3.05) is 0 Å². The van der Waals surface area contributed by atoms with Crippen molar-refractivity contribution in [2.45, 2.75) is 51.7 Å². The smallest absolute Gasteiger partial charge is 0.243 e. The number of nitrogens with zero attached hydrogens (tertiary/aromatic N) is 2. The Hall–Kier alpha value is -3.26. The average molecular weight is 485 g/mol. The van der Waals surface area contributed by atoms with Gasteiger partial charge in [-0.15, -0.1) is 0 Å². The maximum absolute atomic E-state index is 14.4. The first kappa shape index (κ1) is 23.9. The first-order chi connectivity index (χ1) is 16.2. The Bertz CT molecular complexity index is 1250. The number of aromatic nitrogens is 2. The molecule has 2 heterocycles. The van der Waals surface area contributed by atoms with Gasteiger partial charge in [0.2, 0.25) is 11.8 Å². The Kier molecular flexibility index (Phi) is 6.97. The summed E-state index contributed by atoms with van der Waals surface area (Å²) >= 11 is 5.87. The number of fused-ring (bicyclic) bond motifs is 1. The van der Waals surface area contributed by atoms with Crippen LogP contribution in [-0.4, -0.2) is 33.2 Å². The quantitative estimate of drug-likeness (QED) is 0.445. The van der Waals surface area contributed by atoms with Crippen molar-refractivity contribution in [1.82, 2.24) is 20.2 Å². The lowest BCUT2D eigenvalue weighted by Crippen LogP contribution is -2.48. The number of hydrogen-bond acceptors (Lipinski definition) is 4. The number of pyridine rings is 1. The standard InChI is InChI=1S/C25H26ClFN4O3/c1-14(17-4-3-5-20(26)24(17)27)29-25(34)21(10-16-6-7-16)30-23(33)13-31-12-19(15(2)32)18-8-9-28-11-22(18)31/h3-5,8-9,11-12,14,16,21H,6-7,10,13H2,1-2H3,(H,29,34)(H,30,33)/t14-,21+/m1/s1. The highest BCUT2D eigenvalue weighted by Gasteiger charge is 2.31. The molecule has 1 saturated carbocycles. The molecule has 178 valence electrons. The largest absolute Gasteiger partial charge is 0.348 e. The molecule has 1 aliphatic carbocycles. The van der Waals surface area contributed by atoms with E-state index >= 15 is 0 Å². The third kappa shape index (κ3) is 5.28. The number of Topliss-reactive ketones (excluding diaryl/α,β-unsaturated/α-hetero) is 1. The highest BCUT2D eigenvalue weighted by molar-refractivity contribution is 6.30. The number of carbonyl (C=O) groups excluding carboxylic acids is 3. The van der Waals surface area contributed by atoms with Crippen LogP contribution in [0.15, 0.2) is 42.9 Å². The fraction of sp³-hybridized carbons (Fsp3) is 0.360. The highest BCUT2D eigenvalue weighted by Crippen LogP contribution is 2.34. The van der Waals surface area contributed by atoms with Crippen molar-refractivity contribution in [3.05, 3.63) is 64.8 Å². The van der Waals surface area contributed by atoms with Crippen LogP contribution >= 0.6 is 11.6 Å². The molecule has 0 saturated heterocycles. The van der Waals surface area contributed by atoms with E-state index in [1.807, 2.05) is 0 Å². The van der Waals surface area contributed by atoms with Crippen LogP contribution in [0.5, 0.6) is 0 Å². The van der Waals surface area contributed by atoms with Crippen LogP contribution in [0, 0.1) is 11.7 Å². The molecule has 1 fully saturated rings. The van der Waals surface area contributed by atoms with Crippen LogP contribution in [0.1, 0.15) is 55.1 Å². The van der Waals surface area contributed by atoms with Crippen molar-refractivity contribution in [3.8, 4) is 0 Å². The van der Waals surface area contributed by atoms with E-state index < -0.39 is 17.9 Å². The molecule has 0 spiro atoms. The van der Waals surface area contributed by atoms with E-state index in [1.54, 1.807) is 48.3 Å². The van der Waals surface area contributed by atoms with E-state index in [4.69, 9.17) is 11.6 Å². The van der Waals surface area contributed by atoms with Crippen molar-refractivity contribution < 1.29 is 18.8 Å². The lowest BCUT2D eigenvalue weighted by Gasteiger charge is -2.22. The lowest BCUT2D eigenvalue weighted by molar-refractivity contribution is -0.130. The third-order valence-corrected chi connectivity index (χ3v) is 6.39. The summed E-state index contributed by atoms with van der Waals surface area (Å²) in [6.07, 6.45) is 7.36. The Morgan fingerprint density at radius 2 is 2.00 bits per heavy atom. The molecule has 3 aromatic rings. The average Bonchev–Trinajstić information content (AvgIpc) is 3.54. The second kappa shape index (κ2) is 9.93. The minimum Gasteiger partial charge on any atom is -0.348 e. The van der Waals surface area contributed by atoms with Gasteiger partial charge in [0.05, 0.1) is 22.8 Å². The van der Waals surface area contributed by atoms with Crippen molar-refractivity contribution in [2.24, 2.45) is 5.92 Å². The molecule has 7 nitrogen and oxygen atoms in total. The molecule has 2 N–H and O–H groups in total. The molecule has 34 heavy (non-hydrogen) atoms. The van der Waals surface area contributed by atoms with Gasteiger partial charge in [0.15, 0.2) is 5.78 Å². The lowest BCUT2D eigenvalue weighted by atomic mass is 10.1. The molecule has 4 rings (SSSR count). The minimum absolute atomic E-state index is 0.0141. The normalized spacial score (nSPS) is 15.1. The van der Waals surface area contributed by atoms with Gasteiger partial charge in [-0.1, -0.05) is 36.6 Å². The summed E-state index contributed by atoms with van der Waals surface area (Å²) < 4.78 is 16.0. The number of ketones is 1. The van der Waals surface area contributed by atoms with E-state index in [-0.39, 0.29) is 34.7 Å². The predicted octanol–water partition coefficient (Wildman–Crippen LogP) is 4.19. The number of halogens is 2. The van der Waals surface area contributed by atoms with Gasteiger partial charge in [0.1, 0.15) is 18.4 Å². The first-order valence-electron chi connectivity index (χ1n) is 11.2. The summed E-state index contributed by atoms with van der Waals surface area (Å²) in [5.41, 5.74) is 1.45. The van der Waals surface area contributed by atoms with Crippen LogP contribution < -0.4 is 10.6 Å². The molecule has 9 heteroatoms. The van der Waals surface area contributed by atoms with Crippen LogP contribution in [-0.2, 0) is 16.1 Å². The van der Waals surface area contributed by atoms with Crippen LogP contribution in [0.25, 0.3) is 10.9 Å². The molecule has 2 amide bonds. The number of rotatable bonds is 9. The SMILES string of the molecule is CC(=O)c1cn(CC(=O)N[C@@H](CC2CC2)C(=O)N[C@H](C)c2cccc(Cl)c2F)c2cnccc12. The van der Waals surface area contributed by atoms with Gasteiger partial charge >= 0.3 is 0 Å². The monoisotopic (exact) mass is 484 g/mol. The zero-order chi connectivity index (χ0) is 24.4. The summed E-state index contributed by atoms with van der Waals surface area (Å²) in [6.45, 7) is 3.08. The van der Waals surface area contributed by atoms with Crippen molar-refractivity contribution >= 4 is 40.1 Å². The van der Waals surface area contributed by atoms with Gasteiger partial charge in [-0.25, -0.2) is 4.39 Å². The molecule has 0 unspecified atom stereocenters. The number of nitrogens with one attached hydrogen (secondary N) is 2. The summed E-state index contributed by atoms with van der Waals surface area (Å²) in [5, 5.41) is 6.34. The minimum atomic E-state index is -0.753. The molecule has 0 aliphatic heterocycles. The fourth-order valence-electron chi connectivity index (χ4n) is 4.11. The van der Waals surface area contributed by atoms with Crippen molar-refractivity contribution in [3.63, 3.8) is 0 Å². The Morgan fingerprint density at radius 3 is 2.71 bits per heavy atom. The second-order valence-corrected chi connectivity index (χ2v) is 9.20. The number of carbonyl (C=O) groups is 3. The van der Waals surface area contributed by atoms with Gasteiger partial charge in [-0.05, 0) is 38.3 Å². The van der Waals surface area contributed by atoms with Gasteiger partial charge in [-0.2, -0.15) is 0 Å². The van der Waals surface area contributed by atoms with Crippen LogP contribution in [0.2, 0.25) is 5.02 Å². The van der Waals surface area contributed by atoms with E-state index in [0.717, 1.165) is 18.2 Å². The molecule has 0 bridgehead atoms. The van der Waals surface area contributed by atoms with E-state index in [9.17, 15) is 18.8 Å². The zero-order valence-corrected chi connectivity index (χ0v) is 19.7. The maximum atomic E-state index is 14.4. The summed E-state index contributed by atoms with van der Waals surface area (Å²) in [6, 6.07) is 5.00. The van der Waals surface area contributed by atoms with Gasteiger partial charge in [0.25, 0.3) is 0 Å². The van der Waals surface area contributed by atoms with Gasteiger partial charge < -0.3 is 15.2 Å². The topological polar surface area (TPSA) is 93.1 Å². The summed E-state index contributed by atoms with van der Waals surface area (Å²) in [5.74, 6) is -1.05. The van der Waals surface area contributed by atoms with E-state index in [2.05, 4.69) is 15.6 Å². The van der Waals surface area contributed by atoms with Gasteiger partial charge in [0, 0.05) is 28.9 Å². The summed E-state index contributed by atoms with van der Waals surface area (Å²) in [4.78, 5) is 42.0. The maximum Gasteiger partial charge on any atom is 0.243 e. The molecule has 2 aromatic heterocycles. The fourth-order valence-corrected chi connectivity index (χ4v) is 4.29. The summed E-state index contributed by atoms with van der Waals surface area (Å²) in [7, 11) is 0. The molecule has 2 atom stereocenters. The highest BCUT2D eigenvalue weighted by atomic mass is 35.5. The van der Waals surface area contributed by atoms with Crippen LogP contribution in [0.3, 0.4) is 0 Å². The third-order valence-electron chi connectivity index (χ3n) is 6.10. The Balaban J connectivity index is 1.47. The molecule has 0 radical (unpaired) electrons. The zero-order valence-electron chi connectivity index (χ0n) is 19.0. The predicted molar refractivity (Wildman–Crippen MR) is 127 cm³/mol. The second-order valence-electron chi connectivity index (χ2n) is 8.79. The first-order valence-corrected chi connectivity index (χ1v) is 11.6. The number of amides is 2. The molecule has 1 aliphatic rings. The van der Waals surface area contributed by atoms with Crippen LogP contribution in [0.4, 0.5) is 4.39 Å². The Morgan fingerprint density at radius 1 is 1.24 bits per heavy atom. The molecular formula is C25H26ClFN4O3. The van der Waals surface area contributed by atoms with E-state index in [1.165, 1.54) is 13.0 Å². The number of hydrogen-bond donors (Lipinski definition) is 2. The number of benzene rings is 1. The Labute approximate surface area is 201 Å². The van der Waals surface area contributed by atoms with Crippen molar-refractivity contribution in [1.29, 1.82) is 0 Å². The molecular weight excluding hydrogens is 459 g/mol. The van der Waals surface area contributed by atoms with E-state index in [0.29, 0.717) is 23.4 Å². The van der Waals surface area contributed by atoms with Gasteiger partial charge in [-0.3, -0.25) is 19.4 Å². The molecule has 1 aromatic carbocycles.